The van der Waals surface area contributed by atoms with Crippen molar-refractivity contribution >= 4 is 11.4 Å². The molecule has 1 aromatic carbocycles. The quantitative estimate of drug-likeness (QED) is 0.436. The maximum Gasteiger partial charge on any atom is 0.148 e. The maximum atomic E-state index is 5.32. The molecule has 0 bridgehead atoms. The smallest absolute Gasteiger partial charge is 0.148 e. The molecule has 1 aromatic rings. The van der Waals surface area contributed by atoms with Crippen LogP contribution in [-0.4, -0.2) is 31.7 Å². The molecule has 0 radical (unpaired) electrons. The molecule has 5 nitrogen and oxygen atoms in total. The summed E-state index contributed by atoms with van der Waals surface area (Å²) in [6, 6.07) is 7.35. The fraction of sp³-hybridized carbons (Fsp3) is 0.333. The lowest BCUT2D eigenvalue weighted by Gasteiger charge is -2.07. The predicted molar refractivity (Wildman–Crippen MR) is 79.1 cm³/mol. The predicted octanol–water partition coefficient (Wildman–Crippen LogP) is 2.46. The molecule has 106 valence electrons. The van der Waals surface area contributed by atoms with Crippen LogP contribution in [0.15, 0.2) is 34.6 Å². The molecule has 0 aromatic heterocycles. The second-order valence-electron chi connectivity index (χ2n) is 3.73. The first-order valence-electron chi connectivity index (χ1n) is 6.17. The summed E-state index contributed by atoms with van der Waals surface area (Å²) in [6.45, 7) is 4.38. The van der Waals surface area contributed by atoms with Gasteiger partial charge in [-0.1, -0.05) is 16.2 Å². The Balaban J connectivity index is 2.97. The lowest BCUT2D eigenvalue weighted by Crippen LogP contribution is -2.13. The molecule has 0 aliphatic heterocycles. The van der Waals surface area contributed by atoms with E-state index in [2.05, 4.69) is 16.2 Å². The third kappa shape index (κ3) is 4.65. The fourth-order valence-electron chi connectivity index (χ4n) is 1.47. The van der Waals surface area contributed by atoms with Crippen LogP contribution in [0, 0.1) is 12.3 Å². The van der Waals surface area contributed by atoms with Gasteiger partial charge in [0.1, 0.15) is 37.5 Å². The van der Waals surface area contributed by atoms with Crippen LogP contribution in [0.2, 0.25) is 0 Å². The number of nitrogens with zero attached hydrogens (tertiary/aromatic N) is 2. The van der Waals surface area contributed by atoms with E-state index in [4.69, 9.17) is 20.8 Å². The Kier molecular flexibility index (Phi) is 6.69. The van der Waals surface area contributed by atoms with Crippen molar-refractivity contribution in [2.24, 2.45) is 10.3 Å². The molecule has 0 aliphatic rings. The average molecular weight is 274 g/mol. The van der Waals surface area contributed by atoms with E-state index in [0.717, 1.165) is 5.56 Å². The number of ether oxygens (including phenoxy) is 1. The number of terminal acetylenes is 1. The van der Waals surface area contributed by atoms with E-state index >= 15 is 0 Å². The van der Waals surface area contributed by atoms with Gasteiger partial charge in [-0.2, -0.15) is 0 Å². The number of hydrogen-bond acceptors (Lipinski definition) is 5. The summed E-state index contributed by atoms with van der Waals surface area (Å²) in [4.78, 5) is 9.87. The first-order valence-corrected chi connectivity index (χ1v) is 6.17. The van der Waals surface area contributed by atoms with Crippen LogP contribution in [-0.2, 0) is 9.68 Å². The molecule has 0 spiro atoms. The second-order valence-corrected chi connectivity index (χ2v) is 3.73. The molecule has 0 aliphatic carbocycles. The number of rotatable bonds is 7. The largest absolute Gasteiger partial charge is 0.481 e. The normalized spacial score (nSPS) is 11.7. The van der Waals surface area contributed by atoms with Crippen molar-refractivity contribution in [2.75, 3.05) is 20.3 Å². The van der Waals surface area contributed by atoms with Crippen molar-refractivity contribution in [3.8, 4) is 18.1 Å². The van der Waals surface area contributed by atoms with E-state index in [-0.39, 0.29) is 6.61 Å². The van der Waals surface area contributed by atoms with Gasteiger partial charge in [0.25, 0.3) is 0 Å². The summed E-state index contributed by atoms with van der Waals surface area (Å²) >= 11 is 0. The lowest BCUT2D eigenvalue weighted by atomic mass is 10.1. The summed E-state index contributed by atoms with van der Waals surface area (Å²) in [5.74, 6) is 3.11. The van der Waals surface area contributed by atoms with Gasteiger partial charge in [-0.05, 0) is 38.1 Å². The minimum atomic E-state index is 0.239. The molecule has 5 heteroatoms. The zero-order chi connectivity index (χ0) is 14.8. The SMILES string of the molecule is C#CCOc1ccc(C(=N\OCC)/C(C)=N/OC)cc1. The van der Waals surface area contributed by atoms with Crippen LogP contribution in [0.5, 0.6) is 5.75 Å². The van der Waals surface area contributed by atoms with Crippen molar-refractivity contribution in [2.45, 2.75) is 13.8 Å². The molecule has 0 N–H and O–H groups in total. The highest BCUT2D eigenvalue weighted by Gasteiger charge is 2.10. The molecule has 0 atom stereocenters. The first kappa shape index (κ1) is 15.6. The van der Waals surface area contributed by atoms with Crippen LogP contribution in [0.4, 0.5) is 0 Å². The number of oxime groups is 2. The molecule has 20 heavy (non-hydrogen) atoms. The van der Waals surface area contributed by atoms with Gasteiger partial charge >= 0.3 is 0 Å². The first-order chi connectivity index (χ1) is 9.72. The monoisotopic (exact) mass is 274 g/mol. The summed E-state index contributed by atoms with van der Waals surface area (Å²) < 4.78 is 5.32. The third-order valence-electron chi connectivity index (χ3n) is 2.31. The molecule has 0 amide bonds. The van der Waals surface area contributed by atoms with Crippen molar-refractivity contribution in [3.63, 3.8) is 0 Å². The minimum absolute atomic E-state index is 0.239. The zero-order valence-electron chi connectivity index (χ0n) is 11.9. The van der Waals surface area contributed by atoms with Gasteiger partial charge in [-0.25, -0.2) is 0 Å². The average Bonchev–Trinajstić information content (AvgIpc) is 2.47. The van der Waals surface area contributed by atoms with Gasteiger partial charge < -0.3 is 14.4 Å². The van der Waals surface area contributed by atoms with E-state index in [1.807, 2.05) is 31.2 Å². The minimum Gasteiger partial charge on any atom is -0.481 e. The molecular weight excluding hydrogens is 256 g/mol. The second kappa shape index (κ2) is 8.59. The highest BCUT2D eigenvalue weighted by atomic mass is 16.6. The summed E-state index contributed by atoms with van der Waals surface area (Å²) in [5, 5.41) is 7.93. The fourth-order valence-corrected chi connectivity index (χ4v) is 1.47. The third-order valence-corrected chi connectivity index (χ3v) is 2.31. The van der Waals surface area contributed by atoms with Gasteiger partial charge in [0.2, 0.25) is 0 Å². The van der Waals surface area contributed by atoms with Crippen molar-refractivity contribution < 1.29 is 14.4 Å². The van der Waals surface area contributed by atoms with Crippen molar-refractivity contribution in [3.05, 3.63) is 29.8 Å². The Morgan fingerprint density at radius 3 is 2.50 bits per heavy atom. The Bertz CT molecular complexity index is 513. The molecule has 0 fully saturated rings. The summed E-state index contributed by atoms with van der Waals surface area (Å²) in [6.07, 6.45) is 5.14. The molecular formula is C15H18N2O3. The van der Waals surface area contributed by atoms with E-state index in [1.54, 1.807) is 6.92 Å². The molecule has 0 heterocycles. The Hall–Kier alpha value is -2.48. The zero-order valence-corrected chi connectivity index (χ0v) is 11.9. The molecule has 0 saturated carbocycles. The molecule has 0 unspecified atom stereocenters. The standard InChI is InChI=1S/C15H18N2O3/c1-5-11-19-14-9-7-13(8-10-14)15(17-20-6-2)12(3)16-18-4/h1,7-10H,6,11H2,2-4H3/b16-12+,17-15-. The Morgan fingerprint density at radius 2 is 1.95 bits per heavy atom. The van der Waals surface area contributed by atoms with Crippen molar-refractivity contribution in [1.29, 1.82) is 0 Å². The van der Waals surface area contributed by atoms with Gasteiger partial charge in [0, 0.05) is 5.56 Å². The summed E-state index contributed by atoms with van der Waals surface area (Å²) in [7, 11) is 1.48. The number of benzene rings is 1. The van der Waals surface area contributed by atoms with Crippen LogP contribution in [0.3, 0.4) is 0 Å². The lowest BCUT2D eigenvalue weighted by molar-refractivity contribution is 0.159. The van der Waals surface area contributed by atoms with Crippen molar-refractivity contribution in [1.82, 2.24) is 0 Å². The van der Waals surface area contributed by atoms with Crippen LogP contribution in [0.25, 0.3) is 0 Å². The Labute approximate surface area is 119 Å². The van der Waals surface area contributed by atoms with Gasteiger partial charge in [-0.15, -0.1) is 6.42 Å². The van der Waals surface area contributed by atoms with E-state index in [1.165, 1.54) is 7.11 Å². The van der Waals surface area contributed by atoms with Gasteiger partial charge in [-0.3, -0.25) is 0 Å². The van der Waals surface area contributed by atoms with Crippen LogP contribution < -0.4 is 4.74 Å². The van der Waals surface area contributed by atoms with Gasteiger partial charge in [0.15, 0.2) is 0 Å². The maximum absolute atomic E-state index is 5.32. The highest BCUT2D eigenvalue weighted by Crippen LogP contribution is 2.13. The van der Waals surface area contributed by atoms with Crippen LogP contribution in [0.1, 0.15) is 19.4 Å². The topological polar surface area (TPSA) is 52.4 Å². The van der Waals surface area contributed by atoms with E-state index in [9.17, 15) is 0 Å². The Morgan fingerprint density at radius 1 is 1.25 bits per heavy atom. The van der Waals surface area contributed by atoms with E-state index < -0.39 is 0 Å². The van der Waals surface area contributed by atoms with E-state index in [0.29, 0.717) is 23.8 Å². The summed E-state index contributed by atoms with van der Waals surface area (Å²) in [5.41, 5.74) is 2.08. The molecule has 0 saturated heterocycles. The number of hydrogen-bond donors (Lipinski definition) is 0. The molecule has 1 rings (SSSR count). The van der Waals surface area contributed by atoms with Crippen LogP contribution >= 0.6 is 0 Å². The van der Waals surface area contributed by atoms with Gasteiger partial charge in [0.05, 0.1) is 0 Å². The highest BCUT2D eigenvalue weighted by molar-refractivity contribution is 6.47.